The van der Waals surface area contributed by atoms with E-state index in [1.54, 1.807) is 4.90 Å². The molecule has 0 aromatic heterocycles. The fraction of sp³-hybridized carbons (Fsp3) is 0.533. The van der Waals surface area contributed by atoms with Crippen LogP contribution in [-0.2, 0) is 0 Å². The third-order valence-electron chi connectivity index (χ3n) is 4.29. The number of piperidine rings is 1. The van der Waals surface area contributed by atoms with Crippen molar-refractivity contribution in [2.45, 2.75) is 33.2 Å². The Bertz CT molecular complexity index is 527. The van der Waals surface area contributed by atoms with Gasteiger partial charge in [0.15, 0.2) is 11.6 Å². The van der Waals surface area contributed by atoms with Crippen molar-refractivity contribution in [1.29, 1.82) is 0 Å². The topological polar surface area (TPSA) is 58.4 Å². The van der Waals surface area contributed by atoms with E-state index in [0.717, 1.165) is 18.6 Å². The predicted molar refractivity (Wildman–Crippen MR) is 77.6 cm³/mol. The number of nitrogens with one attached hydrogen (secondary N) is 1. The first-order chi connectivity index (χ1) is 9.85. The second-order valence-electron chi connectivity index (χ2n) is 5.98. The van der Waals surface area contributed by atoms with Crippen LogP contribution in [0.15, 0.2) is 12.1 Å². The smallest absolute Gasteiger partial charge is 0.254 e. The molecule has 1 heterocycles. The number of rotatable bonds is 2. The average molecular weight is 297 g/mol. The van der Waals surface area contributed by atoms with Crippen molar-refractivity contribution in [3.63, 3.8) is 0 Å². The van der Waals surface area contributed by atoms with Crippen LogP contribution < -0.4 is 11.3 Å². The number of likely N-dealkylation sites (tertiary alicyclic amines) is 1. The number of amides is 1. The lowest BCUT2D eigenvalue weighted by molar-refractivity contribution is 0.0455. The first kappa shape index (κ1) is 15.7. The van der Waals surface area contributed by atoms with Crippen molar-refractivity contribution in [3.8, 4) is 0 Å². The molecule has 0 bridgehead atoms. The van der Waals surface area contributed by atoms with E-state index in [0.29, 0.717) is 18.4 Å². The van der Waals surface area contributed by atoms with E-state index >= 15 is 0 Å². The summed E-state index contributed by atoms with van der Waals surface area (Å²) in [5.41, 5.74) is 1.54. The molecule has 1 saturated heterocycles. The molecule has 1 aromatic rings. The summed E-state index contributed by atoms with van der Waals surface area (Å²) in [5.74, 6) is 3.70. The largest absolute Gasteiger partial charge is 0.335 e. The maximum absolute atomic E-state index is 13.7. The van der Waals surface area contributed by atoms with E-state index in [-0.39, 0.29) is 17.5 Å². The van der Waals surface area contributed by atoms with Crippen LogP contribution >= 0.6 is 0 Å². The Hall–Kier alpha value is -1.69. The molecule has 1 amide bonds. The highest BCUT2D eigenvalue weighted by atomic mass is 19.1. The second kappa shape index (κ2) is 5.97. The number of hydrazine groups is 1. The zero-order valence-corrected chi connectivity index (χ0v) is 12.5. The van der Waals surface area contributed by atoms with E-state index in [1.807, 2.05) is 12.3 Å². The normalized spacial score (nSPS) is 25.8. The molecular weight excluding hydrogens is 276 g/mol. The van der Waals surface area contributed by atoms with Gasteiger partial charge in [-0.15, -0.1) is 0 Å². The third kappa shape index (κ3) is 3.00. The molecule has 0 radical (unpaired) electrons. The summed E-state index contributed by atoms with van der Waals surface area (Å²) < 4.78 is 27.5. The van der Waals surface area contributed by atoms with Crippen LogP contribution in [0.4, 0.5) is 14.5 Å². The second-order valence-corrected chi connectivity index (χ2v) is 5.98. The van der Waals surface area contributed by atoms with Gasteiger partial charge in [0.25, 0.3) is 5.91 Å². The molecule has 3 N–H and O–H groups in total. The van der Waals surface area contributed by atoms with Gasteiger partial charge in [-0.1, -0.05) is 13.8 Å². The first-order valence-electron chi connectivity index (χ1n) is 7.11. The lowest BCUT2D eigenvalue weighted by Gasteiger charge is -2.41. The molecule has 0 spiro atoms. The van der Waals surface area contributed by atoms with Crippen LogP contribution in [0.3, 0.4) is 0 Å². The summed E-state index contributed by atoms with van der Waals surface area (Å²) in [5, 5.41) is 0. The van der Waals surface area contributed by atoms with Crippen molar-refractivity contribution in [2.75, 3.05) is 12.0 Å². The fourth-order valence-electron chi connectivity index (χ4n) is 2.98. The number of carbonyl (C=O) groups is 1. The van der Waals surface area contributed by atoms with Crippen LogP contribution in [0.5, 0.6) is 0 Å². The van der Waals surface area contributed by atoms with Gasteiger partial charge in [0.05, 0.1) is 0 Å². The summed E-state index contributed by atoms with van der Waals surface area (Å²) in [6.45, 7) is 6.73. The molecule has 0 aliphatic carbocycles. The van der Waals surface area contributed by atoms with Crippen LogP contribution in [0.2, 0.25) is 0 Å². The van der Waals surface area contributed by atoms with Crippen LogP contribution in [0.25, 0.3) is 0 Å². The Balaban J connectivity index is 2.31. The molecule has 1 fully saturated rings. The van der Waals surface area contributed by atoms with Gasteiger partial charge in [-0.2, -0.15) is 0 Å². The molecule has 4 nitrogen and oxygen atoms in total. The highest BCUT2D eigenvalue weighted by molar-refractivity contribution is 5.95. The van der Waals surface area contributed by atoms with Gasteiger partial charge in [-0.3, -0.25) is 10.6 Å². The number of carbonyl (C=O) groups excluding carboxylic acids is 1. The minimum absolute atomic E-state index is 0.0113. The summed E-state index contributed by atoms with van der Waals surface area (Å²) in [7, 11) is 0. The van der Waals surface area contributed by atoms with Gasteiger partial charge in [-0.25, -0.2) is 8.78 Å². The fourth-order valence-corrected chi connectivity index (χ4v) is 2.98. The minimum Gasteiger partial charge on any atom is -0.335 e. The molecular formula is C15H21F2N3O. The molecule has 1 aliphatic heterocycles. The van der Waals surface area contributed by atoms with E-state index in [2.05, 4.69) is 13.8 Å². The molecule has 1 aromatic carbocycles. The summed E-state index contributed by atoms with van der Waals surface area (Å²) in [6.07, 6.45) is 1.05. The van der Waals surface area contributed by atoms with Crippen molar-refractivity contribution >= 4 is 11.6 Å². The summed E-state index contributed by atoms with van der Waals surface area (Å²) in [6, 6.07) is 2.10. The minimum atomic E-state index is -0.869. The highest BCUT2D eigenvalue weighted by Crippen LogP contribution is 2.29. The summed E-state index contributed by atoms with van der Waals surface area (Å²) in [4.78, 5) is 14.2. The van der Waals surface area contributed by atoms with Crippen LogP contribution in [-0.4, -0.2) is 23.4 Å². The SMILES string of the molecule is CC1CC(C)C(C)N(C(=O)c2cc(F)c(NN)c(F)c2)C1. The van der Waals surface area contributed by atoms with Crippen LogP contribution in [0.1, 0.15) is 37.6 Å². The molecule has 6 heteroatoms. The van der Waals surface area contributed by atoms with Gasteiger partial charge in [-0.05, 0) is 37.3 Å². The molecule has 2 rings (SSSR count). The van der Waals surface area contributed by atoms with Gasteiger partial charge in [0.2, 0.25) is 0 Å². The zero-order chi connectivity index (χ0) is 15.7. The van der Waals surface area contributed by atoms with Gasteiger partial charge in [0, 0.05) is 18.2 Å². The quantitative estimate of drug-likeness (QED) is 0.652. The third-order valence-corrected chi connectivity index (χ3v) is 4.29. The molecule has 0 saturated carbocycles. The molecule has 1 aliphatic rings. The molecule has 3 unspecified atom stereocenters. The highest BCUT2D eigenvalue weighted by Gasteiger charge is 2.32. The maximum Gasteiger partial charge on any atom is 0.254 e. The van der Waals surface area contributed by atoms with Crippen LogP contribution in [0, 0.1) is 23.5 Å². The monoisotopic (exact) mass is 297 g/mol. The Morgan fingerprint density at radius 1 is 1.29 bits per heavy atom. The Kier molecular flexibility index (Phi) is 4.46. The maximum atomic E-state index is 13.7. The van der Waals surface area contributed by atoms with E-state index < -0.39 is 17.3 Å². The number of nitrogen functional groups attached to an aromatic ring is 1. The van der Waals surface area contributed by atoms with Gasteiger partial charge in [0.1, 0.15) is 5.69 Å². The number of anilines is 1. The van der Waals surface area contributed by atoms with Crippen molar-refractivity contribution in [3.05, 3.63) is 29.3 Å². The first-order valence-corrected chi connectivity index (χ1v) is 7.11. The standard InChI is InChI=1S/C15H21F2N3O/c1-8-4-9(2)10(3)20(7-8)15(21)11-5-12(16)14(19-18)13(17)6-11/h5-6,8-10,19H,4,7,18H2,1-3H3. The van der Waals surface area contributed by atoms with E-state index in [9.17, 15) is 13.6 Å². The van der Waals surface area contributed by atoms with E-state index in [1.165, 1.54) is 0 Å². The number of hydrogen-bond donors (Lipinski definition) is 2. The zero-order valence-electron chi connectivity index (χ0n) is 12.5. The van der Waals surface area contributed by atoms with Crippen molar-refractivity contribution in [2.24, 2.45) is 17.7 Å². The Morgan fingerprint density at radius 3 is 2.38 bits per heavy atom. The number of hydrogen-bond acceptors (Lipinski definition) is 3. The van der Waals surface area contributed by atoms with E-state index in [4.69, 9.17) is 5.84 Å². The lowest BCUT2D eigenvalue weighted by atomic mass is 9.85. The number of halogens is 2. The van der Waals surface area contributed by atoms with Crippen molar-refractivity contribution in [1.82, 2.24) is 4.90 Å². The number of benzene rings is 1. The lowest BCUT2D eigenvalue weighted by Crippen LogP contribution is -2.48. The van der Waals surface area contributed by atoms with Gasteiger partial charge < -0.3 is 10.3 Å². The number of nitrogens with two attached hydrogens (primary N) is 1. The molecule has 21 heavy (non-hydrogen) atoms. The predicted octanol–water partition coefficient (Wildman–Crippen LogP) is 2.76. The van der Waals surface area contributed by atoms with Crippen molar-refractivity contribution < 1.29 is 13.6 Å². The number of nitrogens with zero attached hydrogens (tertiary/aromatic N) is 1. The average Bonchev–Trinajstić information content (AvgIpc) is 2.41. The molecule has 116 valence electrons. The Morgan fingerprint density at radius 2 is 1.86 bits per heavy atom. The van der Waals surface area contributed by atoms with Gasteiger partial charge >= 0.3 is 0 Å². The Labute approximate surface area is 123 Å². The summed E-state index contributed by atoms with van der Waals surface area (Å²) >= 11 is 0. The molecule has 3 atom stereocenters.